The van der Waals surface area contributed by atoms with Gasteiger partial charge in [0.25, 0.3) is 11.8 Å². The van der Waals surface area contributed by atoms with E-state index in [4.69, 9.17) is 0 Å². The molecule has 1 fully saturated rings. The first kappa shape index (κ1) is 20.7. The van der Waals surface area contributed by atoms with E-state index in [0.29, 0.717) is 16.7 Å². The van der Waals surface area contributed by atoms with Crippen LogP contribution in [-0.4, -0.2) is 34.6 Å². The molecule has 0 bridgehead atoms. The van der Waals surface area contributed by atoms with Crippen molar-refractivity contribution in [2.24, 2.45) is 0 Å². The third-order valence-corrected chi connectivity index (χ3v) is 5.82. The van der Waals surface area contributed by atoms with Gasteiger partial charge in [-0.1, -0.05) is 18.2 Å². The van der Waals surface area contributed by atoms with Crippen molar-refractivity contribution in [2.45, 2.75) is 44.8 Å². The van der Waals surface area contributed by atoms with E-state index >= 15 is 0 Å². The number of carbonyl (C=O) groups excluding carboxylic acids is 4. The summed E-state index contributed by atoms with van der Waals surface area (Å²) in [6.07, 6.45) is 0.416. The molecule has 4 rings (SSSR count). The number of benzene rings is 2. The minimum atomic E-state index is -0.778. The number of nitrogens with zero attached hydrogens (tertiary/aromatic N) is 1. The molecule has 2 heterocycles. The zero-order chi connectivity index (χ0) is 22.3. The van der Waals surface area contributed by atoms with E-state index in [1.54, 1.807) is 30.3 Å². The van der Waals surface area contributed by atoms with Gasteiger partial charge in [0, 0.05) is 24.1 Å². The van der Waals surface area contributed by atoms with Crippen LogP contribution < -0.4 is 10.6 Å². The normalized spacial score (nSPS) is 18.6. The highest BCUT2D eigenvalue weighted by molar-refractivity contribution is 6.07. The highest BCUT2D eigenvalue weighted by Crippen LogP contribution is 2.30. The van der Waals surface area contributed by atoms with Crippen molar-refractivity contribution in [1.29, 1.82) is 0 Å². The number of fused-ring (bicyclic) bond motifs is 1. The molecule has 2 aromatic carbocycles. The van der Waals surface area contributed by atoms with E-state index in [-0.39, 0.29) is 42.9 Å². The lowest BCUT2D eigenvalue weighted by atomic mass is 9.93. The number of imide groups is 1. The van der Waals surface area contributed by atoms with Crippen LogP contribution in [0.2, 0.25) is 0 Å². The van der Waals surface area contributed by atoms with Gasteiger partial charge in [-0.3, -0.25) is 24.5 Å². The largest absolute Gasteiger partial charge is 0.343 e. The Kier molecular flexibility index (Phi) is 5.08. The predicted molar refractivity (Wildman–Crippen MR) is 109 cm³/mol. The lowest BCUT2D eigenvalue weighted by molar-refractivity contribution is -0.136. The number of rotatable bonds is 4. The number of halogens is 1. The summed E-state index contributed by atoms with van der Waals surface area (Å²) >= 11 is 0. The average Bonchev–Trinajstić information content (AvgIpc) is 3.04. The fraction of sp³-hybridized carbons (Fsp3) is 0.304. The molecule has 0 aliphatic carbocycles. The second-order valence-electron chi connectivity index (χ2n) is 8.32. The fourth-order valence-corrected chi connectivity index (χ4v) is 4.09. The van der Waals surface area contributed by atoms with Gasteiger partial charge in [0.1, 0.15) is 11.9 Å². The SMILES string of the molecule is CC(C)(NC(=O)c1cccc2c1CN(C1CCC(=O)NC1=O)C2=O)c1ccc(F)cc1. The number of piperidine rings is 1. The van der Waals surface area contributed by atoms with Crippen LogP contribution in [0.1, 0.15) is 58.5 Å². The number of amides is 4. The minimum Gasteiger partial charge on any atom is -0.343 e. The van der Waals surface area contributed by atoms with Gasteiger partial charge in [-0.2, -0.15) is 0 Å². The first-order valence-corrected chi connectivity index (χ1v) is 10.0. The number of hydrogen-bond acceptors (Lipinski definition) is 4. The van der Waals surface area contributed by atoms with E-state index in [1.165, 1.54) is 17.0 Å². The average molecular weight is 423 g/mol. The van der Waals surface area contributed by atoms with Crippen LogP contribution in [0.5, 0.6) is 0 Å². The van der Waals surface area contributed by atoms with Crippen LogP contribution in [-0.2, 0) is 21.7 Å². The van der Waals surface area contributed by atoms with E-state index in [1.807, 2.05) is 13.8 Å². The monoisotopic (exact) mass is 423 g/mol. The molecule has 1 unspecified atom stereocenters. The molecule has 160 valence electrons. The summed E-state index contributed by atoms with van der Waals surface area (Å²) in [5, 5.41) is 5.21. The topological polar surface area (TPSA) is 95.6 Å². The Morgan fingerprint density at radius 2 is 1.84 bits per heavy atom. The molecule has 4 amide bonds. The lowest BCUT2D eigenvalue weighted by Crippen LogP contribution is -2.52. The second kappa shape index (κ2) is 7.61. The minimum absolute atomic E-state index is 0.112. The molecule has 7 nitrogen and oxygen atoms in total. The van der Waals surface area contributed by atoms with Crippen LogP contribution in [0, 0.1) is 5.82 Å². The van der Waals surface area contributed by atoms with Gasteiger partial charge in [-0.25, -0.2) is 4.39 Å². The lowest BCUT2D eigenvalue weighted by Gasteiger charge is -2.29. The molecule has 2 aliphatic heterocycles. The zero-order valence-electron chi connectivity index (χ0n) is 17.2. The van der Waals surface area contributed by atoms with Crippen molar-refractivity contribution in [3.8, 4) is 0 Å². The Balaban J connectivity index is 1.58. The molecule has 2 aromatic rings. The van der Waals surface area contributed by atoms with Crippen molar-refractivity contribution in [3.05, 3.63) is 70.5 Å². The Labute approximate surface area is 178 Å². The predicted octanol–water partition coefficient (Wildman–Crippen LogP) is 2.25. The molecule has 8 heteroatoms. The molecule has 0 saturated carbocycles. The van der Waals surface area contributed by atoms with Gasteiger partial charge in [-0.15, -0.1) is 0 Å². The molecular weight excluding hydrogens is 401 g/mol. The molecule has 2 N–H and O–H groups in total. The summed E-state index contributed by atoms with van der Waals surface area (Å²) in [6, 6.07) is 10.0. The number of nitrogens with one attached hydrogen (secondary N) is 2. The van der Waals surface area contributed by atoms with Crippen LogP contribution >= 0.6 is 0 Å². The summed E-state index contributed by atoms with van der Waals surface area (Å²) in [4.78, 5) is 51.1. The molecule has 0 spiro atoms. The van der Waals surface area contributed by atoms with Gasteiger partial charge < -0.3 is 10.2 Å². The maximum atomic E-state index is 13.3. The van der Waals surface area contributed by atoms with Crippen molar-refractivity contribution in [3.63, 3.8) is 0 Å². The van der Waals surface area contributed by atoms with Crippen molar-refractivity contribution in [2.75, 3.05) is 0 Å². The van der Waals surface area contributed by atoms with Crippen LogP contribution in [0.15, 0.2) is 42.5 Å². The molecule has 0 radical (unpaired) electrons. The molecule has 1 saturated heterocycles. The smallest absolute Gasteiger partial charge is 0.255 e. The standard InChI is InChI=1S/C23H22FN3O4/c1-23(2,13-6-8-14(24)9-7-13)26-20(29)15-4-3-5-16-17(15)12-27(22(16)31)18-10-11-19(28)25-21(18)30/h3-9,18H,10-12H2,1-2H3,(H,26,29)(H,25,28,30). The van der Waals surface area contributed by atoms with Gasteiger partial charge in [0.05, 0.1) is 5.54 Å². The fourth-order valence-electron chi connectivity index (χ4n) is 4.09. The number of carbonyl (C=O) groups is 4. The molecule has 1 atom stereocenters. The van der Waals surface area contributed by atoms with E-state index in [2.05, 4.69) is 10.6 Å². The van der Waals surface area contributed by atoms with E-state index in [0.717, 1.165) is 5.56 Å². The van der Waals surface area contributed by atoms with Crippen LogP contribution in [0.3, 0.4) is 0 Å². The van der Waals surface area contributed by atoms with Crippen molar-refractivity contribution in [1.82, 2.24) is 15.5 Å². The van der Waals surface area contributed by atoms with Gasteiger partial charge >= 0.3 is 0 Å². The Bertz CT molecular complexity index is 1090. The number of hydrogen-bond donors (Lipinski definition) is 2. The van der Waals surface area contributed by atoms with Crippen molar-refractivity contribution < 1.29 is 23.6 Å². The Hall–Kier alpha value is -3.55. The Morgan fingerprint density at radius 1 is 1.13 bits per heavy atom. The Morgan fingerprint density at radius 3 is 2.52 bits per heavy atom. The summed E-state index contributed by atoms with van der Waals surface area (Å²) in [6.45, 7) is 3.73. The molecular formula is C23H22FN3O4. The van der Waals surface area contributed by atoms with Crippen LogP contribution in [0.25, 0.3) is 0 Å². The summed E-state index contributed by atoms with van der Waals surface area (Å²) in [7, 11) is 0. The summed E-state index contributed by atoms with van der Waals surface area (Å²) in [5.74, 6) is -1.92. The third kappa shape index (κ3) is 3.81. The van der Waals surface area contributed by atoms with Crippen LogP contribution in [0.4, 0.5) is 4.39 Å². The molecule has 2 aliphatic rings. The molecule has 31 heavy (non-hydrogen) atoms. The maximum absolute atomic E-state index is 13.3. The van der Waals surface area contributed by atoms with Gasteiger partial charge in [0.15, 0.2) is 0 Å². The highest BCUT2D eigenvalue weighted by atomic mass is 19.1. The summed E-state index contributed by atoms with van der Waals surface area (Å²) in [5.41, 5.74) is 1.22. The van der Waals surface area contributed by atoms with E-state index < -0.39 is 17.5 Å². The quantitative estimate of drug-likeness (QED) is 0.738. The van der Waals surface area contributed by atoms with Gasteiger partial charge in [-0.05, 0) is 55.7 Å². The zero-order valence-corrected chi connectivity index (χ0v) is 17.2. The van der Waals surface area contributed by atoms with Gasteiger partial charge in [0.2, 0.25) is 11.8 Å². The van der Waals surface area contributed by atoms with E-state index in [9.17, 15) is 23.6 Å². The third-order valence-electron chi connectivity index (χ3n) is 5.82. The molecule has 0 aromatic heterocycles. The first-order chi connectivity index (χ1) is 14.7. The highest BCUT2D eigenvalue weighted by Gasteiger charge is 2.40. The second-order valence-corrected chi connectivity index (χ2v) is 8.32. The van der Waals surface area contributed by atoms with Crippen molar-refractivity contribution >= 4 is 23.6 Å². The summed E-state index contributed by atoms with van der Waals surface area (Å²) < 4.78 is 13.3. The maximum Gasteiger partial charge on any atom is 0.255 e. The first-order valence-electron chi connectivity index (χ1n) is 10.0.